The monoisotopic (exact) mass is 425 g/mol. The number of hydrogen-bond acceptors (Lipinski definition) is 4. The fraction of sp³-hybridized carbons (Fsp3) is 0.217. The van der Waals surface area contributed by atoms with E-state index in [-0.39, 0.29) is 12.2 Å². The van der Waals surface area contributed by atoms with Crippen LogP contribution in [0.25, 0.3) is 0 Å². The first-order chi connectivity index (χ1) is 13.8. The number of nitrogens with zero attached hydrogens (tertiary/aromatic N) is 1. The molecule has 0 radical (unpaired) electrons. The third-order valence-corrected chi connectivity index (χ3v) is 6.59. The van der Waals surface area contributed by atoms with Crippen LogP contribution < -0.4 is 4.90 Å². The third-order valence-electron chi connectivity index (χ3n) is 5.32. The van der Waals surface area contributed by atoms with Crippen molar-refractivity contribution in [2.75, 3.05) is 4.90 Å². The summed E-state index contributed by atoms with van der Waals surface area (Å²) in [5.74, 6) is -0.762. The molecule has 148 valence electrons. The van der Waals surface area contributed by atoms with Crippen LogP contribution in [0.5, 0.6) is 0 Å². The molecule has 4 rings (SSSR count). The molecule has 0 spiro atoms. The third kappa shape index (κ3) is 3.50. The molecule has 1 amide bonds. The van der Waals surface area contributed by atoms with Gasteiger partial charge in [0, 0.05) is 15.5 Å². The number of aliphatic hydroxyl groups is 1. The van der Waals surface area contributed by atoms with Crippen molar-refractivity contribution >= 4 is 40.3 Å². The van der Waals surface area contributed by atoms with Crippen LogP contribution in [0.4, 0.5) is 5.69 Å². The van der Waals surface area contributed by atoms with E-state index in [1.165, 1.54) is 11.3 Å². The predicted octanol–water partition coefficient (Wildman–Crippen LogP) is 5.03. The second-order valence-electron chi connectivity index (χ2n) is 7.35. The van der Waals surface area contributed by atoms with Crippen LogP contribution >= 0.6 is 22.9 Å². The maximum atomic E-state index is 13.4. The van der Waals surface area contributed by atoms with Gasteiger partial charge in [0.1, 0.15) is 0 Å². The highest BCUT2D eigenvalue weighted by Crippen LogP contribution is 2.45. The number of carbonyl (C=O) groups excluding carboxylic acids is 2. The summed E-state index contributed by atoms with van der Waals surface area (Å²) in [6.07, 6.45) is -0.316. The van der Waals surface area contributed by atoms with E-state index in [1.54, 1.807) is 29.2 Å². The highest BCUT2D eigenvalue weighted by atomic mass is 35.5. The van der Waals surface area contributed by atoms with Gasteiger partial charge in [0.25, 0.3) is 5.91 Å². The zero-order valence-corrected chi connectivity index (χ0v) is 17.7. The maximum absolute atomic E-state index is 13.4. The highest BCUT2D eigenvalue weighted by molar-refractivity contribution is 7.14. The van der Waals surface area contributed by atoms with Crippen molar-refractivity contribution in [2.45, 2.75) is 32.4 Å². The summed E-state index contributed by atoms with van der Waals surface area (Å²) in [4.78, 5) is 29.3. The molecule has 2 heterocycles. The Bertz CT molecular complexity index is 1120. The smallest absolute Gasteiger partial charge is 0.264 e. The van der Waals surface area contributed by atoms with E-state index in [0.29, 0.717) is 27.7 Å². The number of thiophene rings is 1. The fourth-order valence-electron chi connectivity index (χ4n) is 3.71. The summed E-state index contributed by atoms with van der Waals surface area (Å²) < 4.78 is 0. The quantitative estimate of drug-likeness (QED) is 0.583. The molecule has 29 heavy (non-hydrogen) atoms. The molecule has 6 heteroatoms. The van der Waals surface area contributed by atoms with Crippen molar-refractivity contribution in [1.29, 1.82) is 0 Å². The SMILES string of the molecule is Cc1ccc(C(=O)C[C@]2(O)C(=O)N(Cc3ccccc3C)c3ccc(Cl)cc32)s1. The molecule has 1 atom stereocenters. The predicted molar refractivity (Wildman–Crippen MR) is 116 cm³/mol. The van der Waals surface area contributed by atoms with Crippen LogP contribution in [-0.4, -0.2) is 16.8 Å². The first-order valence-electron chi connectivity index (χ1n) is 9.28. The lowest BCUT2D eigenvalue weighted by Crippen LogP contribution is -2.41. The topological polar surface area (TPSA) is 57.6 Å². The van der Waals surface area contributed by atoms with Gasteiger partial charge in [-0.2, -0.15) is 0 Å². The minimum Gasteiger partial charge on any atom is -0.375 e. The summed E-state index contributed by atoms with van der Waals surface area (Å²) in [7, 11) is 0. The molecule has 3 aromatic rings. The minimum absolute atomic E-state index is 0.261. The molecule has 4 nitrogen and oxygen atoms in total. The van der Waals surface area contributed by atoms with E-state index < -0.39 is 11.5 Å². The summed E-state index contributed by atoms with van der Waals surface area (Å²) in [5, 5.41) is 11.8. The first kappa shape index (κ1) is 19.8. The van der Waals surface area contributed by atoms with Crippen molar-refractivity contribution in [3.8, 4) is 0 Å². The summed E-state index contributed by atoms with van der Waals surface area (Å²) >= 11 is 7.52. The van der Waals surface area contributed by atoms with Crippen LogP contribution in [0.3, 0.4) is 0 Å². The van der Waals surface area contributed by atoms with Gasteiger partial charge in [-0.3, -0.25) is 9.59 Å². The number of amides is 1. The second kappa shape index (κ2) is 7.41. The zero-order valence-electron chi connectivity index (χ0n) is 16.1. The molecular formula is C23H20ClNO3S. The van der Waals surface area contributed by atoms with Gasteiger partial charge in [-0.25, -0.2) is 0 Å². The van der Waals surface area contributed by atoms with Gasteiger partial charge in [0.2, 0.25) is 0 Å². The number of carbonyl (C=O) groups is 2. The largest absolute Gasteiger partial charge is 0.375 e. The molecule has 0 aliphatic carbocycles. The Morgan fingerprint density at radius 1 is 1.14 bits per heavy atom. The van der Waals surface area contributed by atoms with Crippen LogP contribution in [0, 0.1) is 13.8 Å². The number of hydrogen-bond donors (Lipinski definition) is 1. The number of halogens is 1. The molecule has 0 saturated carbocycles. The Morgan fingerprint density at radius 3 is 2.59 bits per heavy atom. The minimum atomic E-state index is -1.93. The molecule has 1 aliphatic heterocycles. The molecule has 1 aliphatic rings. The standard InChI is InChI=1S/C23H20ClNO3S/c1-14-5-3-4-6-16(14)13-25-19-9-8-17(24)11-18(19)23(28,22(25)27)12-20(26)21-10-7-15(2)29-21/h3-11,28H,12-13H2,1-2H3/t23-/m1/s1. The lowest BCUT2D eigenvalue weighted by molar-refractivity contribution is -0.136. The molecule has 2 aromatic carbocycles. The van der Waals surface area contributed by atoms with E-state index >= 15 is 0 Å². The van der Waals surface area contributed by atoms with E-state index in [0.717, 1.165) is 16.0 Å². The van der Waals surface area contributed by atoms with Gasteiger partial charge in [0.05, 0.1) is 23.5 Å². The van der Waals surface area contributed by atoms with Crippen molar-refractivity contribution < 1.29 is 14.7 Å². The number of Topliss-reactive ketones (excluding diaryl/α,β-unsaturated/α-hetero) is 1. The van der Waals surface area contributed by atoms with E-state index in [9.17, 15) is 14.7 Å². The Kier molecular flexibility index (Phi) is 5.07. The lowest BCUT2D eigenvalue weighted by atomic mass is 9.89. The maximum Gasteiger partial charge on any atom is 0.264 e. The molecule has 0 unspecified atom stereocenters. The van der Waals surface area contributed by atoms with Crippen LogP contribution in [0.2, 0.25) is 5.02 Å². The van der Waals surface area contributed by atoms with Gasteiger partial charge >= 0.3 is 0 Å². The van der Waals surface area contributed by atoms with Crippen molar-refractivity contribution in [3.05, 3.63) is 86.1 Å². The van der Waals surface area contributed by atoms with Gasteiger partial charge in [-0.05, 0) is 55.3 Å². The first-order valence-corrected chi connectivity index (χ1v) is 10.5. The molecule has 1 N–H and O–H groups in total. The molecule has 1 aromatic heterocycles. The fourth-order valence-corrected chi connectivity index (χ4v) is 4.69. The normalized spacial score (nSPS) is 18.2. The summed E-state index contributed by atoms with van der Waals surface area (Å²) in [6, 6.07) is 16.4. The summed E-state index contributed by atoms with van der Waals surface area (Å²) in [5.41, 5.74) is 1.06. The zero-order chi connectivity index (χ0) is 20.8. The van der Waals surface area contributed by atoms with E-state index in [2.05, 4.69) is 0 Å². The number of anilines is 1. The molecule has 0 fully saturated rings. The highest BCUT2D eigenvalue weighted by Gasteiger charge is 2.51. The van der Waals surface area contributed by atoms with Gasteiger partial charge in [0.15, 0.2) is 11.4 Å². The van der Waals surface area contributed by atoms with Crippen LogP contribution in [-0.2, 0) is 16.9 Å². The van der Waals surface area contributed by atoms with Gasteiger partial charge in [-0.1, -0.05) is 35.9 Å². The molecule has 0 saturated heterocycles. The summed E-state index contributed by atoms with van der Waals surface area (Å²) in [6.45, 7) is 4.21. The van der Waals surface area contributed by atoms with Gasteiger partial charge < -0.3 is 10.0 Å². The van der Waals surface area contributed by atoms with E-state index in [4.69, 9.17) is 11.6 Å². The second-order valence-corrected chi connectivity index (χ2v) is 9.07. The molecule has 0 bridgehead atoms. The lowest BCUT2D eigenvalue weighted by Gasteiger charge is -2.23. The Morgan fingerprint density at radius 2 is 1.90 bits per heavy atom. The average Bonchev–Trinajstić information content (AvgIpc) is 3.20. The number of rotatable bonds is 5. The van der Waals surface area contributed by atoms with Gasteiger partial charge in [-0.15, -0.1) is 11.3 Å². The number of ketones is 1. The number of fused-ring (bicyclic) bond motifs is 1. The Labute approximate surface area is 178 Å². The van der Waals surface area contributed by atoms with Crippen LogP contribution in [0.1, 0.15) is 37.7 Å². The number of aryl methyl sites for hydroxylation is 2. The van der Waals surface area contributed by atoms with Crippen molar-refractivity contribution in [2.24, 2.45) is 0 Å². The van der Waals surface area contributed by atoms with Crippen molar-refractivity contribution in [3.63, 3.8) is 0 Å². The number of benzene rings is 2. The van der Waals surface area contributed by atoms with Crippen molar-refractivity contribution in [1.82, 2.24) is 0 Å². The van der Waals surface area contributed by atoms with Crippen LogP contribution in [0.15, 0.2) is 54.6 Å². The molecular weight excluding hydrogens is 406 g/mol. The Balaban J connectivity index is 1.73. The van der Waals surface area contributed by atoms with E-state index in [1.807, 2.05) is 44.2 Å². The average molecular weight is 426 g/mol. The Hall–Kier alpha value is -2.47.